The molecule has 0 saturated carbocycles. The molecule has 2 aromatic heterocycles. The molecule has 0 bridgehead atoms. The van der Waals surface area contributed by atoms with Crippen LogP contribution in [0.2, 0.25) is 0 Å². The van der Waals surface area contributed by atoms with Gasteiger partial charge in [-0.25, -0.2) is 15.4 Å². The van der Waals surface area contributed by atoms with E-state index < -0.39 is 10.8 Å². The number of non-ortho nitro benzene ring substituents is 1. The predicted octanol–water partition coefficient (Wildman–Crippen LogP) is 2.25. The van der Waals surface area contributed by atoms with Crippen molar-refractivity contribution < 1.29 is 9.72 Å². The number of carbonyl (C=O) groups excluding carboxylic acids is 1. The number of hydrazone groups is 1. The first-order valence-electron chi connectivity index (χ1n) is 7.05. The van der Waals surface area contributed by atoms with Gasteiger partial charge in [-0.15, -0.1) is 11.3 Å². The molecule has 0 radical (unpaired) electrons. The number of rotatable bonds is 4. The molecule has 10 heteroatoms. The normalized spacial score (nSPS) is 11.1. The lowest BCUT2D eigenvalue weighted by Gasteiger charge is -1.99. The summed E-state index contributed by atoms with van der Waals surface area (Å²) in [6.07, 6.45) is 2.75. The summed E-state index contributed by atoms with van der Waals surface area (Å²) in [5, 5.41) is 15.1. The van der Waals surface area contributed by atoms with Gasteiger partial charge in [0.15, 0.2) is 0 Å². The Morgan fingerprint density at radius 1 is 1.36 bits per heavy atom. The van der Waals surface area contributed by atoms with E-state index in [1.165, 1.54) is 48.1 Å². The van der Waals surface area contributed by atoms with E-state index >= 15 is 0 Å². The minimum absolute atomic E-state index is 0.0132. The van der Waals surface area contributed by atoms with E-state index in [4.69, 9.17) is 5.73 Å². The first-order chi connectivity index (χ1) is 12.0. The van der Waals surface area contributed by atoms with Gasteiger partial charge in [0.05, 0.1) is 21.4 Å². The first kappa shape index (κ1) is 16.5. The maximum atomic E-state index is 12.3. The van der Waals surface area contributed by atoms with Gasteiger partial charge in [0.1, 0.15) is 17.0 Å². The van der Waals surface area contributed by atoms with Crippen molar-refractivity contribution in [3.8, 4) is 0 Å². The number of nitrogen functional groups attached to an aromatic ring is 1. The molecule has 0 aliphatic carbocycles. The van der Waals surface area contributed by atoms with Crippen molar-refractivity contribution in [3.05, 3.63) is 56.7 Å². The Kier molecular flexibility index (Phi) is 4.35. The summed E-state index contributed by atoms with van der Waals surface area (Å²) in [5.74, 6) is -0.0646. The molecule has 126 valence electrons. The summed E-state index contributed by atoms with van der Waals surface area (Å²) in [6.45, 7) is 1.77. The van der Waals surface area contributed by atoms with Crippen molar-refractivity contribution in [1.82, 2.24) is 15.4 Å². The average Bonchev–Trinajstić information content (AvgIpc) is 2.93. The summed E-state index contributed by atoms with van der Waals surface area (Å²) in [7, 11) is 0. The van der Waals surface area contributed by atoms with Crippen LogP contribution in [0.1, 0.15) is 20.8 Å². The quantitative estimate of drug-likeness (QED) is 0.418. The molecular weight excluding hydrogens is 344 g/mol. The molecule has 0 saturated heterocycles. The number of amides is 1. The largest absolute Gasteiger partial charge is 0.383 e. The van der Waals surface area contributed by atoms with Gasteiger partial charge in [0.2, 0.25) is 0 Å². The van der Waals surface area contributed by atoms with Gasteiger partial charge in [-0.3, -0.25) is 14.9 Å². The van der Waals surface area contributed by atoms with Gasteiger partial charge in [0.25, 0.3) is 11.6 Å². The Balaban J connectivity index is 1.75. The van der Waals surface area contributed by atoms with Crippen molar-refractivity contribution in [2.45, 2.75) is 6.92 Å². The molecule has 1 aromatic carbocycles. The van der Waals surface area contributed by atoms with E-state index in [0.29, 0.717) is 32.0 Å². The monoisotopic (exact) mass is 356 g/mol. The van der Waals surface area contributed by atoms with Crippen LogP contribution in [0.3, 0.4) is 0 Å². The molecule has 0 aliphatic heterocycles. The number of nitro benzene ring substituents is 1. The third kappa shape index (κ3) is 3.28. The highest BCUT2D eigenvalue weighted by Gasteiger charge is 2.17. The fourth-order valence-corrected chi connectivity index (χ4v) is 3.26. The van der Waals surface area contributed by atoms with Gasteiger partial charge < -0.3 is 5.73 Å². The highest BCUT2D eigenvalue weighted by atomic mass is 32.1. The third-order valence-electron chi connectivity index (χ3n) is 3.45. The van der Waals surface area contributed by atoms with Crippen LogP contribution in [0.4, 0.5) is 11.5 Å². The van der Waals surface area contributed by atoms with Crippen LogP contribution in [0, 0.1) is 17.0 Å². The number of thiophene rings is 1. The molecule has 0 aliphatic rings. The van der Waals surface area contributed by atoms with E-state index in [0.717, 1.165) is 0 Å². The van der Waals surface area contributed by atoms with E-state index in [1.807, 2.05) is 0 Å². The second-order valence-electron chi connectivity index (χ2n) is 5.04. The van der Waals surface area contributed by atoms with Crippen LogP contribution in [-0.2, 0) is 0 Å². The predicted molar refractivity (Wildman–Crippen MR) is 94.7 cm³/mol. The molecule has 9 nitrogen and oxygen atoms in total. The van der Waals surface area contributed by atoms with Crippen molar-refractivity contribution in [2.24, 2.45) is 5.10 Å². The van der Waals surface area contributed by atoms with Crippen molar-refractivity contribution in [1.29, 1.82) is 0 Å². The van der Waals surface area contributed by atoms with Gasteiger partial charge in [-0.05, 0) is 30.2 Å². The highest BCUT2D eigenvalue weighted by molar-refractivity contribution is 7.20. The standard InChI is InChI=1S/C15H12N6O3S/c1-8-11-13(16)17-7-18-15(11)25-12(8)14(22)20-19-6-9-2-4-10(5-3-9)21(23)24/h2-7H,1H3,(H,20,22)(H2,16,17,18)/b19-6-. The molecule has 3 rings (SSSR count). The molecule has 1 amide bonds. The summed E-state index contributed by atoms with van der Waals surface area (Å²) in [4.78, 5) is 31.5. The van der Waals surface area contributed by atoms with Crippen LogP contribution < -0.4 is 11.2 Å². The van der Waals surface area contributed by atoms with Gasteiger partial charge in [0, 0.05) is 12.1 Å². The number of nitrogens with two attached hydrogens (primary N) is 1. The van der Waals surface area contributed by atoms with E-state index in [9.17, 15) is 14.9 Å². The zero-order valence-corrected chi connectivity index (χ0v) is 13.8. The number of fused-ring (bicyclic) bond motifs is 1. The summed E-state index contributed by atoms with van der Waals surface area (Å²) in [6, 6.07) is 5.80. The molecule has 0 unspecified atom stereocenters. The zero-order valence-electron chi connectivity index (χ0n) is 13.0. The topological polar surface area (TPSA) is 136 Å². The first-order valence-corrected chi connectivity index (χ1v) is 7.86. The number of anilines is 1. The van der Waals surface area contributed by atoms with Crippen LogP contribution in [0.25, 0.3) is 10.2 Å². The number of nitrogens with zero attached hydrogens (tertiary/aromatic N) is 4. The van der Waals surface area contributed by atoms with Crippen LogP contribution in [0.5, 0.6) is 0 Å². The van der Waals surface area contributed by atoms with Crippen LogP contribution >= 0.6 is 11.3 Å². The maximum absolute atomic E-state index is 12.3. The Labute approximate surface area is 145 Å². The Morgan fingerprint density at radius 3 is 2.72 bits per heavy atom. The molecule has 3 N–H and O–H groups in total. The molecule has 3 aromatic rings. The van der Waals surface area contributed by atoms with Gasteiger partial charge in [-0.1, -0.05) is 0 Å². The van der Waals surface area contributed by atoms with Crippen molar-refractivity contribution >= 4 is 45.2 Å². The number of hydrogen-bond acceptors (Lipinski definition) is 8. The molecule has 0 atom stereocenters. The van der Waals surface area contributed by atoms with Crippen LogP contribution in [0.15, 0.2) is 35.7 Å². The number of aryl methyl sites for hydroxylation is 1. The maximum Gasteiger partial charge on any atom is 0.281 e. The van der Waals surface area contributed by atoms with Crippen LogP contribution in [-0.4, -0.2) is 27.0 Å². The molecule has 2 heterocycles. The lowest BCUT2D eigenvalue weighted by atomic mass is 10.2. The molecule has 0 spiro atoms. The van der Waals surface area contributed by atoms with Crippen molar-refractivity contribution in [2.75, 3.05) is 5.73 Å². The summed E-state index contributed by atoms with van der Waals surface area (Å²) >= 11 is 1.21. The second-order valence-corrected chi connectivity index (χ2v) is 6.04. The number of aromatic nitrogens is 2. The number of carbonyl (C=O) groups is 1. The molecule has 25 heavy (non-hydrogen) atoms. The smallest absolute Gasteiger partial charge is 0.281 e. The SMILES string of the molecule is Cc1c(C(=O)N/N=C\c2ccc([N+](=O)[O-])cc2)sc2ncnc(N)c12. The molecule has 0 fully saturated rings. The summed E-state index contributed by atoms with van der Waals surface area (Å²) in [5.41, 5.74) is 9.55. The van der Waals surface area contributed by atoms with Gasteiger partial charge in [-0.2, -0.15) is 5.10 Å². The lowest BCUT2D eigenvalue weighted by molar-refractivity contribution is -0.384. The molecular formula is C15H12N6O3S. The average molecular weight is 356 g/mol. The third-order valence-corrected chi connectivity index (χ3v) is 4.64. The minimum atomic E-state index is -0.485. The minimum Gasteiger partial charge on any atom is -0.383 e. The summed E-state index contributed by atoms with van der Waals surface area (Å²) < 4.78 is 0. The Morgan fingerprint density at radius 2 is 2.08 bits per heavy atom. The van der Waals surface area contributed by atoms with E-state index in [2.05, 4.69) is 20.5 Å². The lowest BCUT2D eigenvalue weighted by Crippen LogP contribution is -2.17. The highest BCUT2D eigenvalue weighted by Crippen LogP contribution is 2.31. The number of nitro groups is 1. The van der Waals surface area contributed by atoms with Crippen molar-refractivity contribution in [3.63, 3.8) is 0 Å². The number of hydrogen-bond donors (Lipinski definition) is 2. The Hall–Kier alpha value is -3.40. The second kappa shape index (κ2) is 6.61. The van der Waals surface area contributed by atoms with E-state index in [1.54, 1.807) is 6.92 Å². The fourth-order valence-electron chi connectivity index (χ4n) is 2.21. The number of nitrogens with one attached hydrogen (secondary N) is 1. The zero-order chi connectivity index (χ0) is 18.0. The fraction of sp³-hybridized carbons (Fsp3) is 0.0667. The van der Waals surface area contributed by atoms with Gasteiger partial charge >= 0.3 is 0 Å². The Bertz CT molecular complexity index is 996. The van der Waals surface area contributed by atoms with E-state index in [-0.39, 0.29) is 5.69 Å². The number of benzene rings is 1.